The second-order valence-electron chi connectivity index (χ2n) is 4.67. The van der Waals surface area contributed by atoms with E-state index in [1.807, 2.05) is 6.92 Å². The molecular formula is C17H15NO5S. The predicted molar refractivity (Wildman–Crippen MR) is 88.8 cm³/mol. The van der Waals surface area contributed by atoms with Crippen molar-refractivity contribution in [2.45, 2.75) is 11.8 Å². The Hall–Kier alpha value is -2.93. The molecule has 7 heteroatoms. The molecule has 0 saturated carbocycles. The van der Waals surface area contributed by atoms with E-state index in [9.17, 15) is 13.2 Å². The molecule has 0 spiro atoms. The van der Waals surface area contributed by atoms with Gasteiger partial charge in [0.05, 0.1) is 23.6 Å². The number of aldehydes is 1. The molecule has 0 aliphatic rings. The van der Waals surface area contributed by atoms with Gasteiger partial charge < -0.3 is 8.83 Å². The second kappa shape index (κ2) is 8.07. The van der Waals surface area contributed by atoms with Gasteiger partial charge in [0.15, 0.2) is 12.0 Å². The van der Waals surface area contributed by atoms with Crippen molar-refractivity contribution in [1.82, 2.24) is 0 Å². The molecular weight excluding hydrogens is 330 g/mol. The van der Waals surface area contributed by atoms with Crippen molar-refractivity contribution in [3.05, 3.63) is 78.1 Å². The topological polar surface area (TPSA) is 89.9 Å². The minimum atomic E-state index is -3.64. The van der Waals surface area contributed by atoms with E-state index in [4.69, 9.17) is 4.42 Å². The van der Waals surface area contributed by atoms with E-state index in [-0.39, 0.29) is 4.90 Å². The Bertz CT molecular complexity index is 877. The Balaban J connectivity index is 0.000000249. The zero-order valence-electron chi connectivity index (χ0n) is 12.8. The van der Waals surface area contributed by atoms with E-state index in [0.717, 1.165) is 5.56 Å². The zero-order valence-corrected chi connectivity index (χ0v) is 13.6. The number of nitrogens with zero attached hydrogens (tertiary/aromatic N) is 1. The summed E-state index contributed by atoms with van der Waals surface area (Å²) in [5.41, 5.74) is 0.999. The van der Waals surface area contributed by atoms with E-state index in [1.54, 1.807) is 36.4 Å². The third-order valence-electron chi connectivity index (χ3n) is 2.84. The molecule has 24 heavy (non-hydrogen) atoms. The highest BCUT2D eigenvalue weighted by Gasteiger charge is 2.10. The summed E-state index contributed by atoms with van der Waals surface area (Å²) < 4.78 is 36.7. The first kappa shape index (κ1) is 17.4. The largest absolute Gasteiger partial charge is 0.463 e. The average Bonchev–Trinajstić information content (AvgIpc) is 3.27. The first-order valence-electron chi connectivity index (χ1n) is 6.90. The Labute approximate surface area is 139 Å². The normalized spacial score (nSPS) is 11.0. The van der Waals surface area contributed by atoms with Crippen LogP contribution < -0.4 is 0 Å². The third-order valence-corrected chi connectivity index (χ3v) is 4.09. The average molecular weight is 345 g/mol. The number of sulfonamides is 1. The molecule has 0 atom stereocenters. The van der Waals surface area contributed by atoms with E-state index < -0.39 is 10.0 Å². The van der Waals surface area contributed by atoms with Crippen molar-refractivity contribution < 1.29 is 22.0 Å². The number of furan rings is 2. The maximum Gasteiger partial charge on any atom is 0.282 e. The number of aryl methyl sites for hydroxylation is 1. The van der Waals surface area contributed by atoms with E-state index in [1.165, 1.54) is 30.9 Å². The van der Waals surface area contributed by atoms with E-state index in [2.05, 4.69) is 8.81 Å². The number of benzene rings is 1. The molecule has 0 saturated heterocycles. The molecule has 2 aromatic heterocycles. The van der Waals surface area contributed by atoms with Gasteiger partial charge in [-0.05, 0) is 43.3 Å². The molecule has 0 N–H and O–H groups in total. The number of carbonyl (C=O) groups is 1. The number of carbonyl (C=O) groups excluding carboxylic acids is 1. The summed E-state index contributed by atoms with van der Waals surface area (Å²) in [6.07, 6.45) is 4.78. The van der Waals surface area contributed by atoms with Gasteiger partial charge in [-0.15, -0.1) is 0 Å². The Kier molecular flexibility index (Phi) is 5.86. The molecule has 0 radical (unpaired) electrons. The lowest BCUT2D eigenvalue weighted by Gasteiger charge is -1.98. The van der Waals surface area contributed by atoms with Crippen LogP contribution in [0.25, 0.3) is 0 Å². The number of hydrogen-bond donors (Lipinski definition) is 0. The summed E-state index contributed by atoms with van der Waals surface area (Å²) >= 11 is 0. The molecule has 0 bridgehead atoms. The molecule has 3 aromatic rings. The minimum absolute atomic E-state index is 0.172. The minimum Gasteiger partial charge on any atom is -0.463 e. The Morgan fingerprint density at radius 1 is 0.917 bits per heavy atom. The lowest BCUT2D eigenvalue weighted by molar-refractivity contribution is 0.110. The van der Waals surface area contributed by atoms with Crippen molar-refractivity contribution in [1.29, 1.82) is 0 Å². The number of rotatable bonds is 4. The lowest BCUT2D eigenvalue weighted by Crippen LogP contribution is -1.97. The van der Waals surface area contributed by atoms with Gasteiger partial charge in [0, 0.05) is 0 Å². The number of hydrogen-bond acceptors (Lipinski definition) is 5. The van der Waals surface area contributed by atoms with Gasteiger partial charge in [0.1, 0.15) is 5.76 Å². The van der Waals surface area contributed by atoms with Crippen molar-refractivity contribution in [2.24, 2.45) is 4.40 Å². The van der Waals surface area contributed by atoms with Gasteiger partial charge in [0.25, 0.3) is 10.0 Å². The van der Waals surface area contributed by atoms with Crippen LogP contribution in [0.3, 0.4) is 0 Å². The van der Waals surface area contributed by atoms with Gasteiger partial charge in [-0.1, -0.05) is 17.7 Å². The van der Waals surface area contributed by atoms with E-state index >= 15 is 0 Å². The molecule has 124 valence electrons. The third kappa shape index (κ3) is 5.06. The maximum absolute atomic E-state index is 11.8. The Morgan fingerprint density at radius 2 is 1.50 bits per heavy atom. The van der Waals surface area contributed by atoms with Crippen molar-refractivity contribution in [3.8, 4) is 0 Å². The van der Waals surface area contributed by atoms with Gasteiger partial charge in [-0.2, -0.15) is 12.8 Å². The standard InChI is InChI=1S/C12H11NO3S.C5H4O2/c1-10-4-6-12(7-5-10)17(14,15)13-9-11-3-2-8-16-11;6-4-5-2-1-3-7-5/h2-9H,1H3;1-4H. The van der Waals surface area contributed by atoms with Crippen LogP contribution in [-0.4, -0.2) is 20.9 Å². The molecule has 3 rings (SSSR count). The summed E-state index contributed by atoms with van der Waals surface area (Å²) in [6.45, 7) is 1.89. The zero-order chi connectivity index (χ0) is 17.4. The maximum atomic E-state index is 11.8. The van der Waals surface area contributed by atoms with Crippen LogP contribution in [0.1, 0.15) is 21.9 Å². The second-order valence-corrected chi connectivity index (χ2v) is 6.30. The highest BCUT2D eigenvalue weighted by Crippen LogP contribution is 2.13. The summed E-state index contributed by atoms with van der Waals surface area (Å²) in [5.74, 6) is 0.778. The molecule has 0 aliphatic carbocycles. The van der Waals surface area contributed by atoms with Crippen LogP contribution in [0, 0.1) is 6.92 Å². The van der Waals surface area contributed by atoms with Crippen LogP contribution in [0.15, 0.2) is 79.2 Å². The quantitative estimate of drug-likeness (QED) is 0.533. The summed E-state index contributed by atoms with van der Waals surface area (Å²) in [6, 6.07) is 13.1. The first-order valence-corrected chi connectivity index (χ1v) is 8.34. The predicted octanol–water partition coefficient (Wildman–Crippen LogP) is 3.49. The van der Waals surface area contributed by atoms with Crippen LogP contribution in [0.2, 0.25) is 0 Å². The van der Waals surface area contributed by atoms with Crippen molar-refractivity contribution in [2.75, 3.05) is 0 Å². The van der Waals surface area contributed by atoms with E-state index in [0.29, 0.717) is 17.8 Å². The van der Waals surface area contributed by atoms with Gasteiger partial charge in [-0.25, -0.2) is 0 Å². The first-order chi connectivity index (χ1) is 11.5. The van der Waals surface area contributed by atoms with Crippen LogP contribution in [0.4, 0.5) is 0 Å². The summed E-state index contributed by atoms with van der Waals surface area (Å²) in [5, 5.41) is 0. The van der Waals surface area contributed by atoms with Gasteiger partial charge >= 0.3 is 0 Å². The highest BCUT2D eigenvalue weighted by atomic mass is 32.2. The summed E-state index contributed by atoms with van der Waals surface area (Å²) in [7, 11) is -3.64. The van der Waals surface area contributed by atoms with Gasteiger partial charge in [-0.3, -0.25) is 4.79 Å². The fourth-order valence-electron chi connectivity index (χ4n) is 1.62. The summed E-state index contributed by atoms with van der Waals surface area (Å²) in [4.78, 5) is 9.95. The molecule has 0 amide bonds. The Morgan fingerprint density at radius 3 is 1.96 bits per heavy atom. The smallest absolute Gasteiger partial charge is 0.282 e. The molecule has 2 heterocycles. The molecule has 0 unspecified atom stereocenters. The van der Waals surface area contributed by atoms with Gasteiger partial charge in [0.2, 0.25) is 0 Å². The van der Waals surface area contributed by atoms with Crippen LogP contribution in [0.5, 0.6) is 0 Å². The van der Waals surface area contributed by atoms with Crippen molar-refractivity contribution >= 4 is 22.5 Å². The fraction of sp³-hybridized carbons (Fsp3) is 0.0588. The van der Waals surface area contributed by atoms with Crippen LogP contribution in [-0.2, 0) is 10.0 Å². The molecule has 0 fully saturated rings. The lowest BCUT2D eigenvalue weighted by atomic mass is 10.2. The molecule has 6 nitrogen and oxygen atoms in total. The molecule has 1 aromatic carbocycles. The van der Waals surface area contributed by atoms with Crippen molar-refractivity contribution in [3.63, 3.8) is 0 Å². The molecule has 0 aliphatic heterocycles. The van der Waals surface area contributed by atoms with Crippen LogP contribution >= 0.6 is 0 Å². The SMILES string of the molecule is Cc1ccc(S(=O)(=O)N=Cc2ccco2)cc1.O=Cc1ccco1. The fourth-order valence-corrected chi connectivity index (χ4v) is 2.46. The monoisotopic (exact) mass is 345 g/mol. The highest BCUT2D eigenvalue weighted by molar-refractivity contribution is 7.90.